The van der Waals surface area contributed by atoms with Crippen LogP contribution < -0.4 is 5.32 Å². The van der Waals surface area contributed by atoms with E-state index in [-0.39, 0.29) is 5.91 Å². The summed E-state index contributed by atoms with van der Waals surface area (Å²) in [5.41, 5.74) is 3.44. The zero-order chi connectivity index (χ0) is 13.1. The standard InChI is InChI=1S/C15H16N2O/c1-4-7-16-15(18)13-9-12-8-10(2)5-6-14(12)17-11(13)3/h4-6,8-9H,1,7H2,2-3H3,(H,16,18). The molecule has 1 heterocycles. The van der Waals surface area contributed by atoms with Gasteiger partial charge in [-0.25, -0.2) is 0 Å². The quantitative estimate of drug-likeness (QED) is 0.838. The van der Waals surface area contributed by atoms with Crippen LogP contribution in [-0.4, -0.2) is 17.4 Å². The van der Waals surface area contributed by atoms with Gasteiger partial charge in [0, 0.05) is 11.9 Å². The topological polar surface area (TPSA) is 42.0 Å². The molecule has 2 aromatic rings. The molecule has 0 saturated heterocycles. The van der Waals surface area contributed by atoms with E-state index < -0.39 is 0 Å². The van der Waals surface area contributed by atoms with E-state index in [1.165, 1.54) is 0 Å². The summed E-state index contributed by atoms with van der Waals surface area (Å²) < 4.78 is 0. The van der Waals surface area contributed by atoms with Crippen molar-refractivity contribution in [3.8, 4) is 0 Å². The number of nitrogens with zero attached hydrogens (tertiary/aromatic N) is 1. The fraction of sp³-hybridized carbons (Fsp3) is 0.200. The van der Waals surface area contributed by atoms with Crippen LogP contribution >= 0.6 is 0 Å². The predicted molar refractivity (Wildman–Crippen MR) is 73.7 cm³/mol. The third kappa shape index (κ3) is 2.40. The van der Waals surface area contributed by atoms with Crippen molar-refractivity contribution in [1.82, 2.24) is 10.3 Å². The number of benzene rings is 1. The molecule has 0 bridgehead atoms. The minimum Gasteiger partial charge on any atom is -0.349 e. The second-order valence-electron chi connectivity index (χ2n) is 4.32. The molecular formula is C15H16N2O. The van der Waals surface area contributed by atoms with Crippen molar-refractivity contribution in [2.45, 2.75) is 13.8 Å². The van der Waals surface area contributed by atoms with E-state index in [2.05, 4.69) is 16.9 Å². The van der Waals surface area contributed by atoms with Crippen LogP contribution in [0.15, 0.2) is 36.9 Å². The van der Waals surface area contributed by atoms with E-state index in [1.54, 1.807) is 6.08 Å². The number of hydrogen-bond donors (Lipinski definition) is 1. The van der Waals surface area contributed by atoms with Gasteiger partial charge in [-0.3, -0.25) is 9.78 Å². The third-order valence-electron chi connectivity index (χ3n) is 2.81. The molecule has 0 unspecified atom stereocenters. The first-order chi connectivity index (χ1) is 8.61. The first-order valence-electron chi connectivity index (χ1n) is 5.89. The average Bonchev–Trinajstić information content (AvgIpc) is 2.35. The predicted octanol–water partition coefficient (Wildman–Crippen LogP) is 2.77. The molecule has 1 N–H and O–H groups in total. The van der Waals surface area contributed by atoms with Gasteiger partial charge in [-0.05, 0) is 32.0 Å². The smallest absolute Gasteiger partial charge is 0.253 e. The van der Waals surface area contributed by atoms with E-state index in [0.29, 0.717) is 12.1 Å². The van der Waals surface area contributed by atoms with Crippen molar-refractivity contribution in [2.24, 2.45) is 0 Å². The lowest BCUT2D eigenvalue weighted by molar-refractivity contribution is 0.0957. The summed E-state index contributed by atoms with van der Waals surface area (Å²) in [7, 11) is 0. The summed E-state index contributed by atoms with van der Waals surface area (Å²) in [5, 5.41) is 3.76. The van der Waals surface area contributed by atoms with Crippen molar-refractivity contribution in [3.63, 3.8) is 0 Å². The highest BCUT2D eigenvalue weighted by molar-refractivity contribution is 5.98. The Bertz CT molecular complexity index is 617. The molecule has 92 valence electrons. The van der Waals surface area contributed by atoms with Crippen molar-refractivity contribution in [1.29, 1.82) is 0 Å². The second kappa shape index (κ2) is 5.00. The van der Waals surface area contributed by atoms with E-state index in [0.717, 1.165) is 22.2 Å². The van der Waals surface area contributed by atoms with Crippen molar-refractivity contribution < 1.29 is 4.79 Å². The summed E-state index contributed by atoms with van der Waals surface area (Å²) in [4.78, 5) is 16.4. The van der Waals surface area contributed by atoms with Crippen LogP contribution in [0.25, 0.3) is 10.9 Å². The first-order valence-corrected chi connectivity index (χ1v) is 5.89. The van der Waals surface area contributed by atoms with E-state index >= 15 is 0 Å². The van der Waals surface area contributed by atoms with E-state index in [1.807, 2.05) is 38.1 Å². The second-order valence-corrected chi connectivity index (χ2v) is 4.32. The summed E-state index contributed by atoms with van der Waals surface area (Å²) in [6.45, 7) is 7.92. The number of pyridine rings is 1. The van der Waals surface area contributed by atoms with E-state index in [4.69, 9.17) is 0 Å². The summed E-state index contributed by atoms with van der Waals surface area (Å²) in [5.74, 6) is -0.108. The number of aryl methyl sites for hydroxylation is 2. The molecule has 3 nitrogen and oxygen atoms in total. The Hall–Kier alpha value is -2.16. The van der Waals surface area contributed by atoms with Crippen LogP contribution in [0.5, 0.6) is 0 Å². The fourth-order valence-electron chi connectivity index (χ4n) is 1.88. The Balaban J connectivity index is 2.47. The molecule has 1 aromatic heterocycles. The molecule has 0 fully saturated rings. The number of fused-ring (bicyclic) bond motifs is 1. The highest BCUT2D eigenvalue weighted by Gasteiger charge is 2.10. The zero-order valence-corrected chi connectivity index (χ0v) is 10.7. The maximum Gasteiger partial charge on any atom is 0.253 e. The molecule has 1 aromatic carbocycles. The highest BCUT2D eigenvalue weighted by Crippen LogP contribution is 2.18. The Morgan fingerprint density at radius 2 is 2.17 bits per heavy atom. The number of amides is 1. The molecule has 18 heavy (non-hydrogen) atoms. The summed E-state index contributed by atoms with van der Waals surface area (Å²) in [6.07, 6.45) is 1.66. The molecular weight excluding hydrogens is 224 g/mol. The Morgan fingerprint density at radius 1 is 1.39 bits per heavy atom. The van der Waals surface area contributed by atoms with Gasteiger partial charge >= 0.3 is 0 Å². The molecule has 3 heteroatoms. The molecule has 0 radical (unpaired) electrons. The van der Waals surface area contributed by atoms with Crippen LogP contribution in [0.1, 0.15) is 21.6 Å². The first kappa shape index (κ1) is 12.3. The monoisotopic (exact) mass is 240 g/mol. The van der Waals surface area contributed by atoms with Gasteiger partial charge in [-0.2, -0.15) is 0 Å². The number of hydrogen-bond acceptors (Lipinski definition) is 2. The van der Waals surface area contributed by atoms with Gasteiger partial charge in [0.1, 0.15) is 0 Å². The van der Waals surface area contributed by atoms with E-state index in [9.17, 15) is 4.79 Å². The zero-order valence-electron chi connectivity index (χ0n) is 10.7. The lowest BCUT2D eigenvalue weighted by Gasteiger charge is -2.08. The average molecular weight is 240 g/mol. The Kier molecular flexibility index (Phi) is 3.42. The lowest BCUT2D eigenvalue weighted by atomic mass is 10.1. The Morgan fingerprint density at radius 3 is 2.89 bits per heavy atom. The maximum absolute atomic E-state index is 12.0. The number of carbonyl (C=O) groups is 1. The van der Waals surface area contributed by atoms with Crippen LogP contribution in [0.4, 0.5) is 0 Å². The lowest BCUT2D eigenvalue weighted by Crippen LogP contribution is -2.24. The van der Waals surface area contributed by atoms with Gasteiger partial charge in [-0.15, -0.1) is 6.58 Å². The number of rotatable bonds is 3. The molecule has 0 aliphatic heterocycles. The van der Waals surface area contributed by atoms with Crippen molar-refractivity contribution in [3.05, 3.63) is 53.7 Å². The molecule has 0 atom stereocenters. The van der Waals surface area contributed by atoms with Crippen LogP contribution in [0, 0.1) is 13.8 Å². The Labute approximate surface area is 107 Å². The van der Waals surface area contributed by atoms with Gasteiger partial charge < -0.3 is 5.32 Å². The summed E-state index contributed by atoms with van der Waals surface area (Å²) in [6, 6.07) is 7.92. The number of nitrogens with one attached hydrogen (secondary N) is 1. The van der Waals surface area contributed by atoms with Crippen molar-refractivity contribution >= 4 is 16.8 Å². The minimum atomic E-state index is -0.108. The normalized spacial score (nSPS) is 10.3. The van der Waals surface area contributed by atoms with Gasteiger partial charge in [-0.1, -0.05) is 17.7 Å². The van der Waals surface area contributed by atoms with Gasteiger partial charge in [0.15, 0.2) is 0 Å². The summed E-state index contributed by atoms with van der Waals surface area (Å²) >= 11 is 0. The van der Waals surface area contributed by atoms with Gasteiger partial charge in [0.05, 0.1) is 16.8 Å². The molecule has 2 rings (SSSR count). The highest BCUT2D eigenvalue weighted by atomic mass is 16.1. The van der Waals surface area contributed by atoms with Crippen LogP contribution in [0.2, 0.25) is 0 Å². The number of carbonyl (C=O) groups excluding carboxylic acids is 1. The molecule has 0 aliphatic carbocycles. The third-order valence-corrected chi connectivity index (χ3v) is 2.81. The SMILES string of the molecule is C=CCNC(=O)c1cc2cc(C)ccc2nc1C. The largest absolute Gasteiger partial charge is 0.349 e. The van der Waals surface area contributed by atoms with Crippen LogP contribution in [0.3, 0.4) is 0 Å². The fourth-order valence-corrected chi connectivity index (χ4v) is 1.88. The maximum atomic E-state index is 12.0. The minimum absolute atomic E-state index is 0.108. The van der Waals surface area contributed by atoms with Gasteiger partial charge in [0.2, 0.25) is 0 Å². The van der Waals surface area contributed by atoms with Crippen LogP contribution in [-0.2, 0) is 0 Å². The molecule has 0 spiro atoms. The van der Waals surface area contributed by atoms with Crippen molar-refractivity contribution in [2.75, 3.05) is 6.54 Å². The van der Waals surface area contributed by atoms with Gasteiger partial charge in [0.25, 0.3) is 5.91 Å². The molecule has 0 saturated carbocycles. The number of aromatic nitrogens is 1. The molecule has 0 aliphatic rings. The molecule has 1 amide bonds.